The molecule has 0 atom stereocenters. The van der Waals surface area contributed by atoms with Gasteiger partial charge in [-0.05, 0) is 37.1 Å². The molecular weight excluding hydrogens is 470 g/mol. The third kappa shape index (κ3) is 5.35. The standard InChI is InChI=1S/C23H22ClN9O2/c1-14(34)28-16-3-2-4-17(11-16)29-22-26-13-27-23(31-22)33-9-6-15(7-10-33)21-30-20(32-35-21)18-5-8-25-12-19(18)24/h2-5,8,11-13,15H,6-7,9-10H2,1H3,(H,28,34)(H,26,27,29,31). The number of carbonyl (C=O) groups is 1. The maximum absolute atomic E-state index is 11.3. The number of pyridine rings is 1. The number of hydrogen-bond acceptors (Lipinski definition) is 10. The van der Waals surface area contributed by atoms with Gasteiger partial charge in [0.05, 0.1) is 5.02 Å². The molecule has 1 saturated heterocycles. The Morgan fingerprint density at radius 3 is 2.77 bits per heavy atom. The van der Waals surface area contributed by atoms with E-state index in [0.717, 1.165) is 31.6 Å². The first-order valence-electron chi connectivity index (χ1n) is 11.1. The third-order valence-electron chi connectivity index (χ3n) is 5.58. The zero-order valence-corrected chi connectivity index (χ0v) is 19.6. The summed E-state index contributed by atoms with van der Waals surface area (Å²) in [5, 5.41) is 10.5. The second kappa shape index (κ2) is 10.0. The number of piperidine rings is 1. The second-order valence-electron chi connectivity index (χ2n) is 8.07. The number of halogens is 1. The lowest BCUT2D eigenvalue weighted by molar-refractivity contribution is -0.114. The zero-order valence-electron chi connectivity index (χ0n) is 18.8. The van der Waals surface area contributed by atoms with Gasteiger partial charge in [-0.1, -0.05) is 22.8 Å². The fourth-order valence-corrected chi connectivity index (χ4v) is 4.10. The van der Waals surface area contributed by atoms with Gasteiger partial charge >= 0.3 is 0 Å². The molecule has 1 amide bonds. The minimum atomic E-state index is -0.133. The summed E-state index contributed by atoms with van der Waals surface area (Å²) in [6.45, 7) is 2.94. The summed E-state index contributed by atoms with van der Waals surface area (Å²) in [6.07, 6.45) is 6.32. The molecule has 12 heteroatoms. The molecule has 0 bridgehead atoms. The van der Waals surface area contributed by atoms with E-state index in [4.69, 9.17) is 16.1 Å². The molecule has 1 aromatic carbocycles. The van der Waals surface area contributed by atoms with Crippen LogP contribution in [0, 0.1) is 0 Å². The molecule has 5 rings (SSSR count). The summed E-state index contributed by atoms with van der Waals surface area (Å²) < 4.78 is 5.54. The van der Waals surface area contributed by atoms with E-state index in [1.165, 1.54) is 13.3 Å². The van der Waals surface area contributed by atoms with Crippen LogP contribution >= 0.6 is 11.6 Å². The molecule has 0 aliphatic carbocycles. The molecule has 1 fully saturated rings. The van der Waals surface area contributed by atoms with Crippen LogP contribution in [0.2, 0.25) is 5.02 Å². The molecular formula is C23H22ClN9O2. The van der Waals surface area contributed by atoms with E-state index in [0.29, 0.717) is 39.9 Å². The van der Waals surface area contributed by atoms with E-state index in [-0.39, 0.29) is 11.8 Å². The first kappa shape index (κ1) is 22.7. The van der Waals surface area contributed by atoms with Crippen molar-refractivity contribution in [2.45, 2.75) is 25.7 Å². The smallest absolute Gasteiger partial charge is 0.231 e. The normalized spacial score (nSPS) is 14.1. The minimum Gasteiger partial charge on any atom is -0.341 e. The number of rotatable bonds is 6. The van der Waals surface area contributed by atoms with Crippen molar-refractivity contribution in [1.82, 2.24) is 30.1 Å². The highest BCUT2D eigenvalue weighted by Crippen LogP contribution is 2.31. The van der Waals surface area contributed by atoms with E-state index in [9.17, 15) is 4.79 Å². The van der Waals surface area contributed by atoms with Gasteiger partial charge in [0.1, 0.15) is 6.33 Å². The van der Waals surface area contributed by atoms with Crippen molar-refractivity contribution < 1.29 is 9.32 Å². The summed E-state index contributed by atoms with van der Waals surface area (Å²) in [7, 11) is 0. The highest BCUT2D eigenvalue weighted by Gasteiger charge is 2.27. The lowest BCUT2D eigenvalue weighted by Crippen LogP contribution is -2.34. The van der Waals surface area contributed by atoms with Crippen molar-refractivity contribution in [3.05, 3.63) is 60.0 Å². The Balaban J connectivity index is 1.22. The van der Waals surface area contributed by atoms with Gasteiger partial charge in [0, 0.05) is 55.3 Å². The lowest BCUT2D eigenvalue weighted by atomic mass is 9.97. The van der Waals surface area contributed by atoms with Crippen LogP contribution in [0.15, 0.2) is 53.6 Å². The molecule has 0 spiro atoms. The van der Waals surface area contributed by atoms with Crippen LogP contribution in [0.1, 0.15) is 31.6 Å². The van der Waals surface area contributed by atoms with Gasteiger partial charge in [-0.3, -0.25) is 9.78 Å². The summed E-state index contributed by atoms with van der Waals surface area (Å²) in [5.74, 6) is 2.09. The van der Waals surface area contributed by atoms with Crippen LogP contribution in [0.5, 0.6) is 0 Å². The van der Waals surface area contributed by atoms with Gasteiger partial charge in [0.15, 0.2) is 0 Å². The molecule has 178 valence electrons. The number of amides is 1. The maximum atomic E-state index is 11.3. The predicted octanol–water partition coefficient (Wildman–Crippen LogP) is 4.06. The third-order valence-corrected chi connectivity index (χ3v) is 5.88. The topological polar surface area (TPSA) is 135 Å². The average molecular weight is 492 g/mol. The molecule has 35 heavy (non-hydrogen) atoms. The summed E-state index contributed by atoms with van der Waals surface area (Å²) >= 11 is 6.20. The first-order chi connectivity index (χ1) is 17.0. The van der Waals surface area contributed by atoms with Crippen molar-refractivity contribution in [1.29, 1.82) is 0 Å². The number of benzene rings is 1. The van der Waals surface area contributed by atoms with Gasteiger partial charge in [0.25, 0.3) is 0 Å². The fourth-order valence-electron chi connectivity index (χ4n) is 3.90. The molecule has 4 aromatic rings. The second-order valence-corrected chi connectivity index (χ2v) is 8.48. The summed E-state index contributed by atoms with van der Waals surface area (Å²) in [4.78, 5) is 35.1. The monoisotopic (exact) mass is 491 g/mol. The van der Waals surface area contributed by atoms with Gasteiger partial charge in [-0.25, -0.2) is 9.97 Å². The lowest BCUT2D eigenvalue weighted by Gasteiger charge is -2.30. The number of hydrogen-bond donors (Lipinski definition) is 2. The van der Waals surface area contributed by atoms with E-state index in [2.05, 4.69) is 45.6 Å². The van der Waals surface area contributed by atoms with Crippen molar-refractivity contribution in [2.75, 3.05) is 28.6 Å². The van der Waals surface area contributed by atoms with Crippen LogP contribution in [-0.2, 0) is 4.79 Å². The highest BCUT2D eigenvalue weighted by molar-refractivity contribution is 6.33. The van der Waals surface area contributed by atoms with Gasteiger partial charge in [-0.15, -0.1) is 0 Å². The number of anilines is 4. The van der Waals surface area contributed by atoms with Crippen LogP contribution in [0.3, 0.4) is 0 Å². The zero-order chi connectivity index (χ0) is 24.2. The number of nitrogens with zero attached hydrogens (tertiary/aromatic N) is 7. The molecule has 4 heterocycles. The van der Waals surface area contributed by atoms with E-state index < -0.39 is 0 Å². The van der Waals surface area contributed by atoms with Crippen molar-refractivity contribution in [3.63, 3.8) is 0 Å². The first-order valence-corrected chi connectivity index (χ1v) is 11.4. The van der Waals surface area contributed by atoms with Crippen LogP contribution in [0.4, 0.5) is 23.3 Å². The number of nitrogens with one attached hydrogen (secondary N) is 2. The van der Waals surface area contributed by atoms with Crippen LogP contribution in [-0.4, -0.2) is 49.1 Å². The fraction of sp³-hybridized carbons (Fsp3) is 0.261. The predicted molar refractivity (Wildman–Crippen MR) is 131 cm³/mol. The van der Waals surface area contributed by atoms with E-state index >= 15 is 0 Å². The number of aromatic nitrogens is 6. The quantitative estimate of drug-likeness (QED) is 0.406. The van der Waals surface area contributed by atoms with E-state index in [1.54, 1.807) is 18.5 Å². The molecule has 1 aliphatic rings. The van der Waals surface area contributed by atoms with Gasteiger partial charge in [-0.2, -0.15) is 9.97 Å². The Labute approximate surface area is 206 Å². The Kier molecular flexibility index (Phi) is 6.49. The molecule has 11 nitrogen and oxygen atoms in total. The number of carbonyl (C=O) groups excluding carboxylic acids is 1. The highest BCUT2D eigenvalue weighted by atomic mass is 35.5. The molecule has 1 aliphatic heterocycles. The minimum absolute atomic E-state index is 0.133. The Morgan fingerprint density at radius 2 is 1.97 bits per heavy atom. The SMILES string of the molecule is CC(=O)Nc1cccc(Nc2ncnc(N3CCC(c4nc(-c5ccncc5Cl)no4)CC3)n2)c1. The molecule has 2 N–H and O–H groups in total. The van der Waals surface area contributed by atoms with Crippen LogP contribution < -0.4 is 15.5 Å². The maximum Gasteiger partial charge on any atom is 0.231 e. The largest absolute Gasteiger partial charge is 0.341 e. The molecule has 0 saturated carbocycles. The summed E-state index contributed by atoms with van der Waals surface area (Å²) in [5.41, 5.74) is 2.14. The summed E-state index contributed by atoms with van der Waals surface area (Å²) in [6, 6.07) is 9.11. The van der Waals surface area contributed by atoms with Crippen molar-refractivity contribution >= 4 is 40.8 Å². The van der Waals surface area contributed by atoms with Gasteiger partial charge < -0.3 is 20.1 Å². The van der Waals surface area contributed by atoms with Crippen molar-refractivity contribution in [2.24, 2.45) is 0 Å². The molecule has 0 unspecified atom stereocenters. The molecule has 3 aromatic heterocycles. The Bertz CT molecular complexity index is 1340. The van der Waals surface area contributed by atoms with E-state index in [1.807, 2.05) is 24.3 Å². The van der Waals surface area contributed by atoms with Gasteiger partial charge in [0.2, 0.25) is 29.5 Å². The molecule has 0 radical (unpaired) electrons. The average Bonchev–Trinajstić information content (AvgIpc) is 3.35. The Hall–Kier alpha value is -4.12. The van der Waals surface area contributed by atoms with Crippen molar-refractivity contribution in [3.8, 4) is 11.4 Å². The van der Waals surface area contributed by atoms with Crippen LogP contribution in [0.25, 0.3) is 11.4 Å². The Morgan fingerprint density at radius 1 is 1.14 bits per heavy atom.